The van der Waals surface area contributed by atoms with Gasteiger partial charge in [-0.2, -0.15) is 0 Å². The molecule has 72 valence electrons. The molecule has 0 radical (unpaired) electrons. The Kier molecular flexibility index (Phi) is 2.45. The maximum atomic E-state index is 14.0. The van der Waals surface area contributed by atoms with E-state index in [4.69, 9.17) is 5.11 Å². The fourth-order valence-corrected chi connectivity index (χ4v) is 1.87. The molecule has 0 saturated carbocycles. The number of aliphatic hydroxyl groups excluding tert-OH is 1. The summed E-state index contributed by atoms with van der Waals surface area (Å²) in [5.41, 5.74) is -1.88. The third-order valence-corrected chi connectivity index (χ3v) is 3.49. The summed E-state index contributed by atoms with van der Waals surface area (Å²) in [5, 5.41) is 10.7. The van der Waals surface area contributed by atoms with Crippen molar-refractivity contribution in [1.82, 2.24) is 5.32 Å². The number of nitrogens with one attached hydrogen (secondary N) is 1. The van der Waals surface area contributed by atoms with Crippen molar-refractivity contribution in [3.8, 4) is 0 Å². The summed E-state index contributed by atoms with van der Waals surface area (Å²) in [6.07, 6.45) is 0.518. The third kappa shape index (κ3) is 1.19. The van der Waals surface area contributed by atoms with E-state index < -0.39 is 22.8 Å². The van der Waals surface area contributed by atoms with Crippen LogP contribution in [-0.2, 0) is 4.79 Å². The molecule has 0 unspecified atom stereocenters. The molecule has 3 atom stereocenters. The minimum atomic E-state index is -1.88. The van der Waals surface area contributed by atoms with E-state index in [0.29, 0.717) is 6.42 Å². The highest BCUT2D eigenvalue weighted by Crippen LogP contribution is 2.47. The molecule has 0 bridgehead atoms. The average Bonchev–Trinajstić information content (AvgIpc) is 2.26. The van der Waals surface area contributed by atoms with Gasteiger partial charge in [0.2, 0.25) is 5.91 Å². The molecule has 1 aliphatic heterocycles. The molecule has 0 aromatic heterocycles. The van der Waals surface area contributed by atoms with Crippen LogP contribution in [0.1, 0.15) is 13.3 Å². The van der Waals surface area contributed by atoms with Gasteiger partial charge in [-0.05, 0) is 5.31 Å². The summed E-state index contributed by atoms with van der Waals surface area (Å²) >= 11 is 0. The molecule has 0 spiro atoms. The topological polar surface area (TPSA) is 49.3 Å². The van der Waals surface area contributed by atoms with E-state index in [1.807, 2.05) is 6.92 Å². The number of alkyl halides is 1. The van der Waals surface area contributed by atoms with Gasteiger partial charge in [-0.15, -0.1) is 0 Å². The average molecular weight is 185 g/mol. The van der Waals surface area contributed by atoms with Crippen molar-refractivity contribution in [2.75, 3.05) is 6.61 Å². The van der Waals surface area contributed by atoms with Crippen LogP contribution in [0, 0.1) is 0 Å². The minimum Gasteiger partial charge on any atom is -0.394 e. The predicted molar refractivity (Wildman–Crippen MR) is 52.9 cm³/mol. The van der Waals surface area contributed by atoms with Crippen molar-refractivity contribution in [3.63, 3.8) is 0 Å². The smallest absolute Gasteiger partial charge is 0.248 e. The van der Waals surface area contributed by atoms with Crippen LogP contribution in [0.25, 0.3) is 0 Å². The molecule has 1 amide bonds. The Morgan fingerprint density at radius 3 is 2.54 bits per heavy atom. The van der Waals surface area contributed by atoms with Crippen LogP contribution in [0.3, 0.4) is 0 Å². The number of amides is 1. The molecule has 0 aromatic rings. The Morgan fingerprint density at radius 2 is 2.23 bits per heavy atom. The summed E-state index contributed by atoms with van der Waals surface area (Å²) in [5.74, 6) is -0.615. The lowest BCUT2D eigenvalue weighted by Crippen LogP contribution is -2.44. The molecule has 13 heavy (non-hydrogen) atoms. The molecular formula is C7H14B2FNO2. The summed E-state index contributed by atoms with van der Waals surface area (Å²) < 4.78 is 14.0. The fourth-order valence-electron chi connectivity index (χ4n) is 1.87. The normalized spacial score (nSPS) is 44.8. The Morgan fingerprint density at radius 1 is 1.69 bits per heavy atom. The predicted octanol–water partition coefficient (Wildman–Crippen LogP) is -2.02. The number of aliphatic hydroxyl groups is 1. The third-order valence-electron chi connectivity index (χ3n) is 3.49. The van der Waals surface area contributed by atoms with Gasteiger partial charge < -0.3 is 10.4 Å². The first-order valence-corrected chi connectivity index (χ1v) is 4.51. The van der Waals surface area contributed by atoms with Crippen LogP contribution < -0.4 is 5.32 Å². The zero-order chi connectivity index (χ0) is 10.3. The number of carbonyl (C=O) groups is 1. The van der Waals surface area contributed by atoms with E-state index in [1.165, 1.54) is 7.85 Å². The highest BCUT2D eigenvalue weighted by Gasteiger charge is 2.59. The monoisotopic (exact) mass is 185 g/mol. The molecule has 1 fully saturated rings. The lowest BCUT2D eigenvalue weighted by molar-refractivity contribution is -0.125. The fraction of sp³-hybridized carbons (Fsp3) is 0.857. The van der Waals surface area contributed by atoms with Crippen molar-refractivity contribution >= 4 is 21.6 Å². The van der Waals surface area contributed by atoms with Gasteiger partial charge in [0.15, 0.2) is 13.4 Å². The van der Waals surface area contributed by atoms with Gasteiger partial charge in [-0.3, -0.25) is 4.79 Å². The summed E-state index contributed by atoms with van der Waals surface area (Å²) in [7, 11) is 2.97. The molecule has 1 aliphatic rings. The van der Waals surface area contributed by atoms with Crippen molar-refractivity contribution in [2.24, 2.45) is 0 Å². The number of halogens is 1. The highest BCUT2D eigenvalue weighted by atomic mass is 19.1. The van der Waals surface area contributed by atoms with Crippen LogP contribution in [0.5, 0.6) is 0 Å². The summed E-state index contributed by atoms with van der Waals surface area (Å²) in [6.45, 7) is 1.61. The van der Waals surface area contributed by atoms with E-state index in [9.17, 15) is 9.18 Å². The first kappa shape index (κ1) is 10.6. The van der Waals surface area contributed by atoms with Gasteiger partial charge in [0.05, 0.1) is 12.6 Å². The van der Waals surface area contributed by atoms with Gasteiger partial charge in [0, 0.05) is 0 Å². The molecule has 1 heterocycles. The van der Waals surface area contributed by atoms with Crippen molar-refractivity contribution in [1.29, 1.82) is 0 Å². The quantitative estimate of drug-likeness (QED) is 0.487. The van der Waals surface area contributed by atoms with Crippen LogP contribution in [0.2, 0.25) is 5.31 Å². The van der Waals surface area contributed by atoms with Gasteiger partial charge >= 0.3 is 0 Å². The Balaban J connectivity index is 3.06. The summed E-state index contributed by atoms with van der Waals surface area (Å²) in [4.78, 5) is 11.2. The van der Waals surface area contributed by atoms with Crippen molar-refractivity contribution < 1.29 is 14.3 Å². The van der Waals surface area contributed by atoms with Gasteiger partial charge in [-0.25, -0.2) is 4.39 Å². The molecule has 6 heteroatoms. The van der Waals surface area contributed by atoms with Crippen LogP contribution in [-0.4, -0.2) is 44.9 Å². The second-order valence-electron chi connectivity index (χ2n) is 3.98. The van der Waals surface area contributed by atoms with E-state index in [-0.39, 0.29) is 6.61 Å². The van der Waals surface area contributed by atoms with Gasteiger partial charge in [0.1, 0.15) is 7.85 Å². The molecule has 1 rings (SSSR count). The zero-order valence-electron chi connectivity index (χ0n) is 8.22. The maximum Gasteiger partial charge on any atom is 0.248 e. The standard InChI is InChI=1S/C7H14B2FNO2/c1-2-6(8)4(3-12)11-5(13)7(6,9)10/h4,12H,2-3,8-9H2,1H3,(H,11,13)/t4-,6-,7-/m1/s1. The van der Waals surface area contributed by atoms with Gasteiger partial charge in [0.25, 0.3) is 0 Å². The lowest BCUT2D eigenvalue weighted by Gasteiger charge is -2.35. The van der Waals surface area contributed by atoms with E-state index in [2.05, 4.69) is 5.32 Å². The largest absolute Gasteiger partial charge is 0.394 e. The van der Waals surface area contributed by atoms with E-state index in [1.54, 1.807) is 7.85 Å². The summed E-state index contributed by atoms with van der Waals surface area (Å²) in [6, 6.07) is -0.472. The molecule has 3 nitrogen and oxygen atoms in total. The lowest BCUT2D eigenvalue weighted by atomic mass is 9.49. The molecule has 0 aromatic carbocycles. The Hall–Kier alpha value is -0.510. The van der Waals surface area contributed by atoms with E-state index >= 15 is 0 Å². The molecular weight excluding hydrogens is 171 g/mol. The van der Waals surface area contributed by atoms with Crippen molar-refractivity contribution in [3.05, 3.63) is 0 Å². The number of carbonyl (C=O) groups excluding carboxylic acids is 1. The van der Waals surface area contributed by atoms with Crippen LogP contribution in [0.15, 0.2) is 0 Å². The minimum absolute atomic E-state index is 0.213. The van der Waals surface area contributed by atoms with Gasteiger partial charge in [-0.1, -0.05) is 13.3 Å². The van der Waals surface area contributed by atoms with Crippen LogP contribution >= 0.6 is 0 Å². The molecule has 1 saturated heterocycles. The van der Waals surface area contributed by atoms with Crippen molar-refractivity contribution in [2.45, 2.75) is 30.3 Å². The number of hydrogen-bond donors (Lipinski definition) is 2. The second-order valence-corrected chi connectivity index (χ2v) is 3.98. The first-order valence-electron chi connectivity index (χ1n) is 4.51. The number of hydrogen-bond acceptors (Lipinski definition) is 2. The zero-order valence-corrected chi connectivity index (χ0v) is 8.22. The molecule has 2 N–H and O–H groups in total. The van der Waals surface area contributed by atoms with Crippen LogP contribution in [0.4, 0.5) is 4.39 Å². The van der Waals surface area contributed by atoms with E-state index in [0.717, 1.165) is 0 Å². The Bertz CT molecular complexity index is 237. The Labute approximate surface area is 78.9 Å². The second kappa shape index (κ2) is 3.01. The maximum absolute atomic E-state index is 14.0. The molecule has 0 aliphatic carbocycles. The first-order chi connectivity index (χ1) is 5.90. The number of rotatable bonds is 2. The highest BCUT2D eigenvalue weighted by molar-refractivity contribution is 6.37. The SMILES string of the molecule is B[C@]1(CC)[C@@H](CO)NC(=O)[C@@]1(B)F.